The molecule has 0 aliphatic carbocycles. The van der Waals surface area contributed by atoms with Crippen molar-refractivity contribution in [2.75, 3.05) is 12.4 Å². The molecule has 1 atom stereocenters. The number of rotatable bonds is 8. The molecule has 3 rings (SSSR count). The van der Waals surface area contributed by atoms with Crippen LogP contribution in [0.4, 0.5) is 5.69 Å². The van der Waals surface area contributed by atoms with Crippen molar-refractivity contribution < 1.29 is 19.1 Å². The quantitative estimate of drug-likeness (QED) is 0.383. The normalized spacial score (nSPS) is 11.5. The monoisotopic (exact) mass is 512 g/mol. The molecule has 182 valence electrons. The van der Waals surface area contributed by atoms with E-state index in [4.69, 9.17) is 27.9 Å². The molecule has 35 heavy (non-hydrogen) atoms. The Balaban J connectivity index is 1.74. The molecule has 0 radical (unpaired) electrons. The highest BCUT2D eigenvalue weighted by Crippen LogP contribution is 2.25. The molecule has 0 heterocycles. The molecule has 0 aliphatic rings. The van der Waals surface area contributed by atoms with Crippen LogP contribution in [0.3, 0.4) is 0 Å². The summed E-state index contributed by atoms with van der Waals surface area (Å²) in [5.41, 5.74) is 3.81. The van der Waals surface area contributed by atoms with E-state index in [0.29, 0.717) is 17.7 Å². The number of amides is 2. The maximum absolute atomic E-state index is 13.0. The van der Waals surface area contributed by atoms with E-state index < -0.39 is 17.9 Å². The summed E-state index contributed by atoms with van der Waals surface area (Å²) in [5.74, 6) is -1.30. The second kappa shape index (κ2) is 11.9. The first-order chi connectivity index (χ1) is 16.7. The summed E-state index contributed by atoms with van der Waals surface area (Å²) in [4.78, 5) is 38.1. The van der Waals surface area contributed by atoms with Crippen molar-refractivity contribution in [2.24, 2.45) is 0 Å². The Morgan fingerprint density at radius 2 is 1.51 bits per heavy atom. The number of hydrogen-bond donors (Lipinski definition) is 2. The highest BCUT2D eigenvalue weighted by molar-refractivity contribution is 6.40. The van der Waals surface area contributed by atoms with Gasteiger partial charge in [-0.1, -0.05) is 66.5 Å². The summed E-state index contributed by atoms with van der Waals surface area (Å²) in [5, 5.41) is 6.08. The Bertz CT molecular complexity index is 1220. The molecule has 0 spiro atoms. The number of aryl methyl sites for hydroxylation is 2. The number of halogens is 2. The predicted octanol–water partition coefficient (Wildman–Crippen LogP) is 5.63. The molecule has 2 N–H and O–H groups in total. The lowest BCUT2D eigenvalue weighted by molar-refractivity contribution is -0.142. The minimum Gasteiger partial charge on any atom is -0.467 e. The van der Waals surface area contributed by atoms with Crippen molar-refractivity contribution in [3.05, 3.63) is 98.5 Å². The van der Waals surface area contributed by atoms with Gasteiger partial charge < -0.3 is 15.4 Å². The molecular weight excluding hydrogens is 487 g/mol. The topological polar surface area (TPSA) is 84.5 Å². The number of ether oxygens (including phenoxy) is 1. The van der Waals surface area contributed by atoms with Crippen LogP contribution in [0.15, 0.2) is 60.7 Å². The van der Waals surface area contributed by atoms with Crippen LogP contribution >= 0.6 is 23.2 Å². The molecule has 3 aromatic rings. The molecule has 3 aromatic carbocycles. The number of benzene rings is 3. The first-order valence-electron chi connectivity index (χ1n) is 11.1. The summed E-state index contributed by atoms with van der Waals surface area (Å²) >= 11 is 12.2. The van der Waals surface area contributed by atoms with Gasteiger partial charge in [-0.25, -0.2) is 4.79 Å². The van der Waals surface area contributed by atoms with Gasteiger partial charge in [0, 0.05) is 17.7 Å². The highest BCUT2D eigenvalue weighted by atomic mass is 35.5. The van der Waals surface area contributed by atoms with Crippen LogP contribution in [0, 0.1) is 6.92 Å². The fourth-order valence-corrected chi connectivity index (χ4v) is 4.35. The molecule has 0 aromatic heterocycles. The number of nitrogens with one attached hydrogen (secondary N) is 2. The zero-order chi connectivity index (χ0) is 25.5. The number of carbonyl (C=O) groups excluding carboxylic acids is 3. The molecular formula is C27H26Cl2N2O4. The van der Waals surface area contributed by atoms with Gasteiger partial charge in [0.05, 0.1) is 22.7 Å². The molecule has 0 aliphatic heterocycles. The summed E-state index contributed by atoms with van der Waals surface area (Å²) in [6.07, 6.45) is 0.913. The Morgan fingerprint density at radius 3 is 2.11 bits per heavy atom. The summed E-state index contributed by atoms with van der Waals surface area (Å²) in [6, 6.07) is 16.6. The standard InChI is InChI=1S/C27H26Cl2N2O4/c1-4-18-8-5-7-16(2)23(18)25(32)31-22(27(34)35-3)15-17-11-13-19(14-12-17)30-26(33)24-20(28)9-6-10-21(24)29/h5-14,22H,4,15H2,1-3H3,(H,30,33)(H,31,32)/t22-/m0/s1. The smallest absolute Gasteiger partial charge is 0.328 e. The van der Waals surface area contributed by atoms with Crippen molar-refractivity contribution in [1.82, 2.24) is 5.32 Å². The SMILES string of the molecule is CCc1cccc(C)c1C(=O)N[C@@H](Cc1ccc(NC(=O)c2c(Cl)cccc2Cl)cc1)C(=O)OC. The molecule has 0 bridgehead atoms. The summed E-state index contributed by atoms with van der Waals surface area (Å²) in [7, 11) is 1.28. The zero-order valence-electron chi connectivity index (χ0n) is 19.7. The van der Waals surface area contributed by atoms with Crippen molar-refractivity contribution in [2.45, 2.75) is 32.7 Å². The Labute approximate surface area is 214 Å². The number of esters is 1. The fourth-order valence-electron chi connectivity index (χ4n) is 3.78. The molecule has 2 amide bonds. The number of hydrogen-bond acceptors (Lipinski definition) is 4. The predicted molar refractivity (Wildman–Crippen MR) is 138 cm³/mol. The van der Waals surface area contributed by atoms with E-state index in [1.807, 2.05) is 32.0 Å². The third-order valence-corrected chi connectivity index (χ3v) is 6.23. The lowest BCUT2D eigenvalue weighted by Crippen LogP contribution is -2.43. The van der Waals surface area contributed by atoms with Gasteiger partial charge in [0.15, 0.2) is 0 Å². The van der Waals surface area contributed by atoms with Crippen LogP contribution in [-0.2, 0) is 22.4 Å². The average molecular weight is 513 g/mol. The minimum atomic E-state index is -0.876. The largest absolute Gasteiger partial charge is 0.467 e. The molecule has 0 unspecified atom stereocenters. The van der Waals surface area contributed by atoms with Crippen molar-refractivity contribution in [3.63, 3.8) is 0 Å². The van der Waals surface area contributed by atoms with Gasteiger partial charge in [-0.2, -0.15) is 0 Å². The van der Waals surface area contributed by atoms with Gasteiger partial charge in [-0.15, -0.1) is 0 Å². The van der Waals surface area contributed by atoms with Crippen molar-refractivity contribution in [3.8, 4) is 0 Å². The van der Waals surface area contributed by atoms with E-state index in [-0.39, 0.29) is 27.9 Å². The van der Waals surface area contributed by atoms with Crippen molar-refractivity contribution >= 4 is 46.7 Å². The Hall–Kier alpha value is -3.35. The second-order valence-electron chi connectivity index (χ2n) is 7.96. The first-order valence-corrected chi connectivity index (χ1v) is 11.8. The van der Waals surface area contributed by atoms with E-state index in [0.717, 1.165) is 16.7 Å². The third-order valence-electron chi connectivity index (χ3n) is 5.60. The van der Waals surface area contributed by atoms with Crippen LogP contribution in [-0.4, -0.2) is 30.9 Å². The second-order valence-corrected chi connectivity index (χ2v) is 8.78. The molecule has 0 fully saturated rings. The molecule has 0 saturated heterocycles. The Morgan fingerprint density at radius 1 is 0.886 bits per heavy atom. The lowest BCUT2D eigenvalue weighted by atomic mass is 9.98. The van der Waals surface area contributed by atoms with Crippen LogP contribution in [0.5, 0.6) is 0 Å². The summed E-state index contributed by atoms with van der Waals surface area (Å²) in [6.45, 7) is 3.84. The maximum atomic E-state index is 13.0. The number of methoxy groups -OCH3 is 1. The Kier molecular flexibility index (Phi) is 8.90. The number of anilines is 1. The van der Waals surface area contributed by atoms with Gasteiger partial charge >= 0.3 is 5.97 Å². The van der Waals surface area contributed by atoms with E-state index in [2.05, 4.69) is 10.6 Å². The summed E-state index contributed by atoms with van der Waals surface area (Å²) < 4.78 is 4.92. The molecule has 6 nitrogen and oxygen atoms in total. The lowest BCUT2D eigenvalue weighted by Gasteiger charge is -2.19. The van der Waals surface area contributed by atoms with Crippen LogP contribution in [0.25, 0.3) is 0 Å². The molecule has 8 heteroatoms. The maximum Gasteiger partial charge on any atom is 0.328 e. The van der Waals surface area contributed by atoms with Gasteiger partial charge in [0.25, 0.3) is 11.8 Å². The van der Waals surface area contributed by atoms with Crippen molar-refractivity contribution in [1.29, 1.82) is 0 Å². The van der Waals surface area contributed by atoms with E-state index in [9.17, 15) is 14.4 Å². The van der Waals surface area contributed by atoms with Crippen LogP contribution in [0.1, 0.15) is 44.3 Å². The van der Waals surface area contributed by atoms with Gasteiger partial charge in [-0.05, 0) is 54.3 Å². The van der Waals surface area contributed by atoms with Gasteiger partial charge in [0.2, 0.25) is 0 Å². The highest BCUT2D eigenvalue weighted by Gasteiger charge is 2.24. The van der Waals surface area contributed by atoms with E-state index >= 15 is 0 Å². The van der Waals surface area contributed by atoms with E-state index in [1.165, 1.54) is 7.11 Å². The third kappa shape index (κ3) is 6.41. The molecule has 0 saturated carbocycles. The average Bonchev–Trinajstić information content (AvgIpc) is 2.83. The minimum absolute atomic E-state index is 0.191. The van der Waals surface area contributed by atoms with Gasteiger partial charge in [-0.3, -0.25) is 9.59 Å². The van der Waals surface area contributed by atoms with Crippen LogP contribution in [0.2, 0.25) is 10.0 Å². The zero-order valence-corrected chi connectivity index (χ0v) is 21.2. The first kappa shape index (κ1) is 26.3. The fraction of sp³-hybridized carbons (Fsp3) is 0.222. The van der Waals surface area contributed by atoms with E-state index in [1.54, 1.807) is 42.5 Å². The number of carbonyl (C=O) groups is 3. The van der Waals surface area contributed by atoms with Crippen LogP contribution < -0.4 is 10.6 Å². The van der Waals surface area contributed by atoms with Gasteiger partial charge in [0.1, 0.15) is 6.04 Å².